The van der Waals surface area contributed by atoms with Crippen molar-refractivity contribution in [1.82, 2.24) is 4.90 Å². The van der Waals surface area contributed by atoms with Crippen LogP contribution in [0.1, 0.15) is 6.42 Å². The van der Waals surface area contributed by atoms with Crippen molar-refractivity contribution in [3.05, 3.63) is 45.7 Å². The molecule has 0 bridgehead atoms. The number of thioether (sulfide) groups is 1. The van der Waals surface area contributed by atoms with Crippen molar-refractivity contribution < 1.29 is 4.74 Å². The first-order chi connectivity index (χ1) is 11.8. The fraction of sp³-hybridized carbons (Fsp3) is 0.444. The smallest absolute Gasteiger partial charge is 0.146 e. The van der Waals surface area contributed by atoms with Gasteiger partial charge in [0.15, 0.2) is 0 Å². The summed E-state index contributed by atoms with van der Waals surface area (Å²) < 4.78 is 5.55. The topological polar surface area (TPSA) is 40.4 Å². The minimum atomic E-state index is 0.787. The fourth-order valence-electron chi connectivity index (χ4n) is 3.25. The molecule has 0 spiro atoms. The van der Waals surface area contributed by atoms with Gasteiger partial charge in [0.1, 0.15) is 16.5 Å². The van der Waals surface area contributed by atoms with Crippen LogP contribution in [0.4, 0.5) is 5.69 Å². The van der Waals surface area contributed by atoms with Crippen molar-refractivity contribution in [2.45, 2.75) is 6.42 Å². The highest BCUT2D eigenvalue weighted by Crippen LogP contribution is 2.28. The summed E-state index contributed by atoms with van der Waals surface area (Å²) in [6.45, 7) is 4.16. The lowest BCUT2D eigenvalue weighted by Crippen LogP contribution is -2.47. The van der Waals surface area contributed by atoms with Crippen LogP contribution in [0.15, 0.2) is 45.0 Å². The predicted molar refractivity (Wildman–Crippen MR) is 98.3 cm³/mol. The maximum atomic E-state index is 5.55. The molecule has 4 rings (SSSR count). The Kier molecular flexibility index (Phi) is 4.33. The summed E-state index contributed by atoms with van der Waals surface area (Å²) in [6, 6.07) is 4.14. The van der Waals surface area contributed by atoms with Crippen LogP contribution in [0.25, 0.3) is 0 Å². The summed E-state index contributed by atoms with van der Waals surface area (Å²) in [7, 11) is 3.87. The molecule has 0 unspecified atom stereocenters. The molecule has 0 N–H and O–H groups in total. The molecule has 3 aliphatic rings. The molecule has 3 aliphatic heterocycles. The van der Waals surface area contributed by atoms with Gasteiger partial charge in [-0.3, -0.25) is 4.99 Å². The largest absolute Gasteiger partial charge is 0.494 e. The van der Waals surface area contributed by atoms with Gasteiger partial charge in [0.05, 0.1) is 18.5 Å². The van der Waals surface area contributed by atoms with E-state index in [4.69, 9.17) is 14.7 Å². The van der Waals surface area contributed by atoms with Gasteiger partial charge in [0, 0.05) is 38.1 Å². The van der Waals surface area contributed by atoms with Crippen LogP contribution in [-0.4, -0.2) is 51.0 Å². The van der Waals surface area contributed by atoms with E-state index in [1.807, 2.05) is 24.0 Å². The lowest BCUT2D eigenvalue weighted by molar-refractivity contribution is 0.312. The van der Waals surface area contributed by atoms with E-state index in [0.29, 0.717) is 0 Å². The molecule has 1 saturated heterocycles. The molecule has 0 saturated carbocycles. The quantitative estimate of drug-likeness (QED) is 0.818. The number of benzene rings is 1. The summed E-state index contributed by atoms with van der Waals surface area (Å²) in [6.07, 6.45) is 2.99. The van der Waals surface area contributed by atoms with Crippen LogP contribution in [0, 0.1) is 0 Å². The van der Waals surface area contributed by atoms with Crippen molar-refractivity contribution in [1.29, 1.82) is 0 Å². The summed E-state index contributed by atoms with van der Waals surface area (Å²) in [5.74, 6) is 1.88. The Labute approximate surface area is 146 Å². The highest BCUT2D eigenvalue weighted by molar-refractivity contribution is 8.02. The highest BCUT2D eigenvalue weighted by atomic mass is 32.2. The third kappa shape index (κ3) is 2.84. The molecule has 0 aromatic heterocycles. The Morgan fingerprint density at radius 3 is 2.75 bits per heavy atom. The monoisotopic (exact) mass is 342 g/mol. The van der Waals surface area contributed by atoms with E-state index in [1.165, 1.54) is 5.57 Å². The Morgan fingerprint density at radius 2 is 1.96 bits per heavy atom. The second-order valence-electron chi connectivity index (χ2n) is 6.29. The minimum absolute atomic E-state index is 0.787. The van der Waals surface area contributed by atoms with Gasteiger partial charge in [-0.25, -0.2) is 4.99 Å². The van der Waals surface area contributed by atoms with Crippen LogP contribution in [0.3, 0.4) is 0 Å². The number of piperazine rings is 1. The average molecular weight is 342 g/mol. The third-order valence-corrected chi connectivity index (χ3v) is 5.58. The number of rotatable bonds is 2. The van der Waals surface area contributed by atoms with Crippen LogP contribution < -0.4 is 20.4 Å². The Bertz CT molecular complexity index is 822. The molecule has 0 amide bonds. The second kappa shape index (κ2) is 6.61. The van der Waals surface area contributed by atoms with Crippen LogP contribution in [-0.2, 0) is 0 Å². The summed E-state index contributed by atoms with van der Waals surface area (Å²) in [5.41, 5.74) is 3.43. The molecule has 126 valence electrons. The molecule has 24 heavy (non-hydrogen) atoms. The molecule has 0 radical (unpaired) electrons. The minimum Gasteiger partial charge on any atom is -0.494 e. The van der Waals surface area contributed by atoms with E-state index < -0.39 is 0 Å². The molecule has 1 fully saturated rings. The van der Waals surface area contributed by atoms with E-state index in [2.05, 4.69) is 28.3 Å². The van der Waals surface area contributed by atoms with Crippen LogP contribution >= 0.6 is 11.8 Å². The number of anilines is 1. The molecule has 5 nitrogen and oxygen atoms in total. The maximum Gasteiger partial charge on any atom is 0.146 e. The second-order valence-corrected chi connectivity index (χ2v) is 7.27. The molecule has 1 aromatic rings. The molecule has 0 atom stereocenters. The van der Waals surface area contributed by atoms with Crippen LogP contribution in [0.2, 0.25) is 0 Å². The normalized spacial score (nSPS) is 20.7. The third-order valence-electron chi connectivity index (χ3n) is 4.75. The van der Waals surface area contributed by atoms with Gasteiger partial charge >= 0.3 is 0 Å². The van der Waals surface area contributed by atoms with E-state index in [9.17, 15) is 0 Å². The number of ether oxygens (including phenoxy) is 1. The summed E-state index contributed by atoms with van der Waals surface area (Å²) in [5, 5.41) is 3.95. The number of allylic oxidation sites excluding steroid dienone is 1. The predicted octanol–water partition coefficient (Wildman–Crippen LogP) is 1.56. The number of nitrogens with zero attached hydrogens (tertiary/aromatic N) is 4. The Morgan fingerprint density at radius 1 is 1.12 bits per heavy atom. The van der Waals surface area contributed by atoms with Crippen molar-refractivity contribution in [2.75, 3.05) is 51.0 Å². The first kappa shape index (κ1) is 15.7. The van der Waals surface area contributed by atoms with Crippen LogP contribution in [0.5, 0.6) is 5.75 Å². The number of likely N-dealkylation sites (N-methyl/N-ethyl adjacent to an activating group) is 1. The average Bonchev–Trinajstić information content (AvgIpc) is 2.81. The van der Waals surface area contributed by atoms with Crippen molar-refractivity contribution in [2.24, 2.45) is 9.98 Å². The summed E-state index contributed by atoms with van der Waals surface area (Å²) >= 11 is 1.83. The zero-order valence-corrected chi connectivity index (χ0v) is 15.0. The van der Waals surface area contributed by atoms with Gasteiger partial charge in [-0.2, -0.15) is 0 Å². The number of hydrogen-bond donors (Lipinski definition) is 0. The lowest BCUT2D eigenvalue weighted by atomic mass is 10.1. The van der Waals surface area contributed by atoms with E-state index in [1.54, 1.807) is 7.11 Å². The lowest BCUT2D eigenvalue weighted by Gasteiger charge is -2.34. The highest BCUT2D eigenvalue weighted by Gasteiger charge is 2.20. The molecular formula is C18H22N4OS. The Hall–Kier alpha value is -1.79. The zero-order chi connectivity index (χ0) is 16.5. The standard InChI is InChI=1S/C18H22N4OS/c1-21-6-8-22(9-7-21)15-3-4-16(23-2)18-17(15)20-14-12-24-10-5-13(14)11-19-18/h3-4,11-12H,5-10H2,1-2H3. The summed E-state index contributed by atoms with van der Waals surface area (Å²) in [4.78, 5) is 14.5. The SMILES string of the molecule is COc1ccc(N2CCN(C)CC2)c2c1=NC=C1CCSC=C1N=2. The van der Waals surface area contributed by atoms with E-state index >= 15 is 0 Å². The van der Waals surface area contributed by atoms with Crippen molar-refractivity contribution in [3.63, 3.8) is 0 Å². The van der Waals surface area contributed by atoms with Gasteiger partial charge in [-0.05, 0) is 36.6 Å². The number of hydrogen-bond acceptors (Lipinski definition) is 6. The van der Waals surface area contributed by atoms with Crippen molar-refractivity contribution >= 4 is 17.4 Å². The first-order valence-corrected chi connectivity index (χ1v) is 9.39. The number of fused-ring (bicyclic) bond motifs is 2. The first-order valence-electron chi connectivity index (χ1n) is 8.34. The maximum absolute atomic E-state index is 5.55. The van der Waals surface area contributed by atoms with Gasteiger partial charge in [-0.1, -0.05) is 0 Å². The molecule has 6 heteroatoms. The molecule has 1 aromatic carbocycles. The molecule has 0 aliphatic carbocycles. The fourth-order valence-corrected chi connectivity index (χ4v) is 4.07. The van der Waals surface area contributed by atoms with E-state index in [-0.39, 0.29) is 0 Å². The van der Waals surface area contributed by atoms with Gasteiger partial charge < -0.3 is 14.5 Å². The Balaban J connectivity index is 1.88. The number of methoxy groups -OCH3 is 1. The van der Waals surface area contributed by atoms with Crippen molar-refractivity contribution in [3.8, 4) is 5.75 Å². The molecular weight excluding hydrogens is 320 g/mol. The van der Waals surface area contributed by atoms with Gasteiger partial charge in [0.2, 0.25) is 0 Å². The van der Waals surface area contributed by atoms with Gasteiger partial charge in [0.25, 0.3) is 0 Å². The van der Waals surface area contributed by atoms with E-state index in [0.717, 1.165) is 66.2 Å². The van der Waals surface area contributed by atoms with Gasteiger partial charge in [-0.15, -0.1) is 11.8 Å². The molecule has 3 heterocycles. The zero-order valence-electron chi connectivity index (χ0n) is 14.2.